The number of benzene rings is 1. The minimum Gasteiger partial charge on any atom is -0.504 e. The highest BCUT2D eigenvalue weighted by molar-refractivity contribution is 5.94. The fourth-order valence-electron chi connectivity index (χ4n) is 2.39. The summed E-state index contributed by atoms with van der Waals surface area (Å²) in [6.45, 7) is 0.612. The van der Waals surface area contributed by atoms with Crippen LogP contribution in [0.2, 0.25) is 0 Å². The maximum absolute atomic E-state index is 11.9. The van der Waals surface area contributed by atoms with Gasteiger partial charge in [-0.05, 0) is 43.0 Å². The molecular weight excluding hydrogens is 306 g/mol. The van der Waals surface area contributed by atoms with Crippen LogP contribution in [0.4, 0.5) is 5.82 Å². The minimum atomic E-state index is -0.0714. The van der Waals surface area contributed by atoms with Gasteiger partial charge in [-0.1, -0.05) is 12.1 Å². The summed E-state index contributed by atoms with van der Waals surface area (Å²) in [7, 11) is 1.53. The molecule has 0 bridgehead atoms. The van der Waals surface area contributed by atoms with Crippen LogP contribution in [0.5, 0.6) is 11.5 Å². The van der Waals surface area contributed by atoms with Gasteiger partial charge in [-0.15, -0.1) is 0 Å². The number of nitrogens with one attached hydrogen (secondary N) is 2. The number of carbonyl (C=O) groups is 1. The van der Waals surface area contributed by atoms with Crippen LogP contribution in [0.15, 0.2) is 36.5 Å². The molecule has 0 unspecified atom stereocenters. The van der Waals surface area contributed by atoms with Crippen LogP contribution < -0.4 is 15.4 Å². The molecule has 1 heterocycles. The Bertz CT molecular complexity index is 712. The molecule has 1 aromatic carbocycles. The van der Waals surface area contributed by atoms with Crippen LogP contribution in [0.25, 0.3) is 0 Å². The predicted octanol–water partition coefficient (Wildman–Crippen LogP) is 2.34. The number of methoxy groups -OCH3 is 1. The van der Waals surface area contributed by atoms with Gasteiger partial charge in [0.1, 0.15) is 5.82 Å². The van der Waals surface area contributed by atoms with Gasteiger partial charge in [-0.2, -0.15) is 0 Å². The predicted molar refractivity (Wildman–Crippen MR) is 91.6 cm³/mol. The Morgan fingerprint density at radius 1 is 1.33 bits per heavy atom. The van der Waals surface area contributed by atoms with Gasteiger partial charge in [-0.25, -0.2) is 4.98 Å². The molecular formula is C18H21N3O3. The number of amides is 1. The van der Waals surface area contributed by atoms with Crippen LogP contribution >= 0.6 is 0 Å². The molecule has 6 nitrogen and oxygen atoms in total. The fourth-order valence-corrected chi connectivity index (χ4v) is 2.39. The zero-order chi connectivity index (χ0) is 16.9. The number of phenolic OH excluding ortho intramolecular Hbond substituents is 1. The molecule has 3 rings (SSSR count). The van der Waals surface area contributed by atoms with E-state index in [0.717, 1.165) is 18.4 Å². The summed E-state index contributed by atoms with van der Waals surface area (Å²) in [4.78, 5) is 16.1. The summed E-state index contributed by atoms with van der Waals surface area (Å²) < 4.78 is 5.10. The summed E-state index contributed by atoms with van der Waals surface area (Å²) in [6.07, 6.45) is 4.34. The smallest absolute Gasteiger partial charge is 0.253 e. The molecule has 1 aliphatic carbocycles. The number of phenols is 1. The molecule has 24 heavy (non-hydrogen) atoms. The van der Waals surface area contributed by atoms with Gasteiger partial charge in [0, 0.05) is 18.8 Å². The molecule has 6 heteroatoms. The van der Waals surface area contributed by atoms with Gasteiger partial charge in [0.05, 0.1) is 12.7 Å². The SMILES string of the molecule is COc1cccc(CCNc2ccc(C(=O)NC3CC3)cn2)c1O. The van der Waals surface area contributed by atoms with Crippen molar-refractivity contribution in [2.45, 2.75) is 25.3 Å². The molecule has 1 amide bonds. The van der Waals surface area contributed by atoms with Gasteiger partial charge >= 0.3 is 0 Å². The van der Waals surface area contributed by atoms with E-state index in [9.17, 15) is 9.90 Å². The Labute approximate surface area is 140 Å². The molecule has 0 saturated heterocycles. The normalized spacial score (nSPS) is 13.4. The van der Waals surface area contributed by atoms with Crippen LogP contribution in [0.1, 0.15) is 28.8 Å². The summed E-state index contributed by atoms with van der Waals surface area (Å²) in [6, 6.07) is 9.31. The largest absolute Gasteiger partial charge is 0.504 e. The number of rotatable bonds is 7. The molecule has 126 valence electrons. The lowest BCUT2D eigenvalue weighted by molar-refractivity contribution is 0.0950. The highest BCUT2D eigenvalue weighted by Gasteiger charge is 2.23. The number of carbonyl (C=O) groups excluding carboxylic acids is 1. The van der Waals surface area contributed by atoms with E-state index < -0.39 is 0 Å². The van der Waals surface area contributed by atoms with Crippen molar-refractivity contribution in [1.29, 1.82) is 0 Å². The van der Waals surface area contributed by atoms with E-state index in [1.807, 2.05) is 12.1 Å². The van der Waals surface area contributed by atoms with Crippen molar-refractivity contribution in [3.05, 3.63) is 47.7 Å². The van der Waals surface area contributed by atoms with Crippen molar-refractivity contribution >= 4 is 11.7 Å². The van der Waals surface area contributed by atoms with Gasteiger partial charge < -0.3 is 20.5 Å². The number of anilines is 1. The van der Waals surface area contributed by atoms with E-state index in [2.05, 4.69) is 15.6 Å². The number of aromatic nitrogens is 1. The third-order valence-corrected chi connectivity index (χ3v) is 3.94. The molecule has 1 aliphatic rings. The maximum atomic E-state index is 11.9. The molecule has 2 aromatic rings. The second-order valence-corrected chi connectivity index (χ2v) is 5.82. The zero-order valence-electron chi connectivity index (χ0n) is 13.6. The molecule has 1 saturated carbocycles. The first-order valence-electron chi connectivity index (χ1n) is 8.03. The number of hydrogen-bond acceptors (Lipinski definition) is 5. The third-order valence-electron chi connectivity index (χ3n) is 3.94. The van der Waals surface area contributed by atoms with E-state index in [1.54, 1.807) is 24.4 Å². The minimum absolute atomic E-state index is 0.0714. The van der Waals surface area contributed by atoms with E-state index in [0.29, 0.717) is 36.1 Å². The summed E-state index contributed by atoms with van der Waals surface area (Å²) in [5.41, 5.74) is 1.38. The first kappa shape index (κ1) is 16.1. The summed E-state index contributed by atoms with van der Waals surface area (Å²) >= 11 is 0. The van der Waals surface area contributed by atoms with Crippen molar-refractivity contribution in [1.82, 2.24) is 10.3 Å². The molecule has 1 fully saturated rings. The standard InChI is InChI=1S/C18H21N3O3/c1-24-15-4-2-3-12(17(15)22)9-10-19-16-8-5-13(11-20-16)18(23)21-14-6-7-14/h2-5,8,11,14,22H,6-7,9-10H2,1H3,(H,19,20)(H,21,23). The van der Waals surface area contributed by atoms with E-state index in [4.69, 9.17) is 4.74 Å². The first-order valence-corrected chi connectivity index (χ1v) is 8.03. The van der Waals surface area contributed by atoms with Gasteiger partial charge in [0.25, 0.3) is 5.91 Å². The van der Waals surface area contributed by atoms with E-state index in [1.165, 1.54) is 7.11 Å². The monoisotopic (exact) mass is 327 g/mol. The molecule has 0 radical (unpaired) electrons. The van der Waals surface area contributed by atoms with Crippen molar-refractivity contribution in [2.75, 3.05) is 19.0 Å². The topological polar surface area (TPSA) is 83.5 Å². The maximum Gasteiger partial charge on any atom is 0.253 e. The molecule has 0 atom stereocenters. The Morgan fingerprint density at radius 2 is 2.17 bits per heavy atom. The third kappa shape index (κ3) is 3.95. The summed E-state index contributed by atoms with van der Waals surface area (Å²) in [5.74, 6) is 1.26. The van der Waals surface area contributed by atoms with Crippen molar-refractivity contribution in [2.24, 2.45) is 0 Å². The van der Waals surface area contributed by atoms with Gasteiger partial charge in [0.2, 0.25) is 0 Å². The second-order valence-electron chi connectivity index (χ2n) is 5.82. The number of pyridine rings is 1. The van der Waals surface area contributed by atoms with Crippen molar-refractivity contribution < 1.29 is 14.6 Å². The lowest BCUT2D eigenvalue weighted by Gasteiger charge is -2.10. The molecule has 1 aromatic heterocycles. The van der Waals surface area contributed by atoms with Crippen molar-refractivity contribution in [3.63, 3.8) is 0 Å². The second kappa shape index (κ2) is 7.21. The molecule has 0 aliphatic heterocycles. The highest BCUT2D eigenvalue weighted by atomic mass is 16.5. The highest BCUT2D eigenvalue weighted by Crippen LogP contribution is 2.29. The number of nitrogens with zero attached hydrogens (tertiary/aromatic N) is 1. The first-order chi connectivity index (χ1) is 11.7. The van der Waals surface area contributed by atoms with Crippen LogP contribution in [0.3, 0.4) is 0 Å². The zero-order valence-corrected chi connectivity index (χ0v) is 13.6. The molecule has 3 N–H and O–H groups in total. The van der Waals surface area contributed by atoms with Crippen molar-refractivity contribution in [3.8, 4) is 11.5 Å². The molecule has 0 spiro atoms. The quantitative estimate of drug-likeness (QED) is 0.727. The number of hydrogen-bond donors (Lipinski definition) is 3. The van der Waals surface area contributed by atoms with E-state index in [-0.39, 0.29) is 11.7 Å². The number of ether oxygens (including phenoxy) is 1. The summed E-state index contributed by atoms with van der Waals surface area (Å²) in [5, 5.41) is 16.2. The van der Waals surface area contributed by atoms with Gasteiger partial charge in [-0.3, -0.25) is 4.79 Å². The van der Waals surface area contributed by atoms with Crippen LogP contribution in [0, 0.1) is 0 Å². The average molecular weight is 327 g/mol. The Morgan fingerprint density at radius 3 is 2.83 bits per heavy atom. The van der Waals surface area contributed by atoms with E-state index >= 15 is 0 Å². The van der Waals surface area contributed by atoms with Crippen LogP contribution in [-0.4, -0.2) is 35.7 Å². The van der Waals surface area contributed by atoms with Crippen LogP contribution in [-0.2, 0) is 6.42 Å². The fraction of sp³-hybridized carbons (Fsp3) is 0.333. The van der Waals surface area contributed by atoms with Gasteiger partial charge in [0.15, 0.2) is 11.5 Å². The Hall–Kier alpha value is -2.76. The number of para-hydroxylation sites is 1. The lowest BCUT2D eigenvalue weighted by atomic mass is 10.1. The lowest BCUT2D eigenvalue weighted by Crippen LogP contribution is -2.25. The Kier molecular flexibility index (Phi) is 4.84. The Balaban J connectivity index is 1.52. The average Bonchev–Trinajstić information content (AvgIpc) is 3.41. The number of aromatic hydroxyl groups is 1.